The number of carboxylic acid groups (broad SMARTS) is 1. The fourth-order valence-corrected chi connectivity index (χ4v) is 3.30. The molecule has 5 nitrogen and oxygen atoms in total. The zero-order valence-corrected chi connectivity index (χ0v) is 11.3. The summed E-state index contributed by atoms with van der Waals surface area (Å²) in [7, 11) is -3.15. The van der Waals surface area contributed by atoms with Crippen LogP contribution in [0, 0.1) is 5.92 Å². The monoisotopic (exact) mass is 283 g/mol. The van der Waals surface area contributed by atoms with Crippen LogP contribution in [0.2, 0.25) is 0 Å². The van der Waals surface area contributed by atoms with Crippen LogP contribution in [0.1, 0.15) is 28.8 Å². The minimum atomic E-state index is -3.15. The van der Waals surface area contributed by atoms with Crippen LogP contribution < -0.4 is 4.72 Å². The van der Waals surface area contributed by atoms with Gasteiger partial charge in [-0.25, -0.2) is 17.9 Å². The Balaban J connectivity index is 1.80. The summed E-state index contributed by atoms with van der Waals surface area (Å²) in [6, 6.07) is 6.46. The van der Waals surface area contributed by atoms with E-state index >= 15 is 0 Å². The third kappa shape index (κ3) is 4.65. The average Bonchev–Trinajstić information content (AvgIpc) is 3.12. The number of aromatic carboxylic acids is 1. The van der Waals surface area contributed by atoms with Gasteiger partial charge in [0.2, 0.25) is 10.0 Å². The van der Waals surface area contributed by atoms with Crippen molar-refractivity contribution in [3.8, 4) is 0 Å². The normalized spacial score (nSPS) is 15.4. The summed E-state index contributed by atoms with van der Waals surface area (Å²) < 4.78 is 25.8. The number of carboxylic acids is 1. The van der Waals surface area contributed by atoms with Crippen LogP contribution in [0.3, 0.4) is 0 Å². The molecule has 0 radical (unpaired) electrons. The number of hydrogen-bond acceptors (Lipinski definition) is 3. The van der Waals surface area contributed by atoms with Gasteiger partial charge < -0.3 is 5.11 Å². The second-order valence-corrected chi connectivity index (χ2v) is 6.72. The molecule has 1 aromatic carbocycles. The predicted octanol–water partition coefficient (Wildman–Crippen LogP) is 1.26. The van der Waals surface area contributed by atoms with Crippen LogP contribution in [0.15, 0.2) is 24.3 Å². The van der Waals surface area contributed by atoms with Gasteiger partial charge in [-0.1, -0.05) is 12.1 Å². The molecule has 0 aromatic heterocycles. The van der Waals surface area contributed by atoms with Crippen molar-refractivity contribution in [2.45, 2.75) is 19.3 Å². The van der Waals surface area contributed by atoms with E-state index in [2.05, 4.69) is 4.72 Å². The molecule has 1 aliphatic rings. The fraction of sp³-hybridized carbons (Fsp3) is 0.462. The van der Waals surface area contributed by atoms with E-state index in [1.165, 1.54) is 12.1 Å². The van der Waals surface area contributed by atoms with Crippen LogP contribution >= 0.6 is 0 Å². The largest absolute Gasteiger partial charge is 0.478 e. The van der Waals surface area contributed by atoms with Crippen molar-refractivity contribution in [2.75, 3.05) is 12.3 Å². The number of carbonyl (C=O) groups is 1. The van der Waals surface area contributed by atoms with Crippen LogP contribution in [0.25, 0.3) is 0 Å². The summed E-state index contributed by atoms with van der Waals surface area (Å²) >= 11 is 0. The lowest BCUT2D eigenvalue weighted by Crippen LogP contribution is -2.29. The molecular formula is C13H17NO4S. The van der Waals surface area contributed by atoms with Gasteiger partial charge in [-0.2, -0.15) is 0 Å². The molecule has 19 heavy (non-hydrogen) atoms. The lowest BCUT2D eigenvalue weighted by molar-refractivity contribution is 0.0697. The van der Waals surface area contributed by atoms with Crippen molar-refractivity contribution in [3.63, 3.8) is 0 Å². The smallest absolute Gasteiger partial charge is 0.335 e. The molecular weight excluding hydrogens is 266 g/mol. The highest BCUT2D eigenvalue weighted by atomic mass is 32.2. The summed E-state index contributed by atoms with van der Waals surface area (Å²) in [5, 5.41) is 8.76. The third-order valence-corrected chi connectivity index (χ3v) is 4.64. The SMILES string of the molecule is O=C(O)c1ccc(CCNS(=O)(=O)CC2CC2)cc1. The molecule has 0 amide bonds. The van der Waals surface area contributed by atoms with Gasteiger partial charge in [0, 0.05) is 6.54 Å². The number of rotatable bonds is 7. The molecule has 0 saturated heterocycles. The Morgan fingerprint density at radius 1 is 1.26 bits per heavy atom. The zero-order chi connectivity index (χ0) is 13.9. The second kappa shape index (κ2) is 5.71. The molecule has 1 fully saturated rings. The maximum Gasteiger partial charge on any atom is 0.335 e. The predicted molar refractivity (Wildman–Crippen MR) is 71.6 cm³/mol. The van der Waals surface area contributed by atoms with Gasteiger partial charge >= 0.3 is 5.97 Å². The minimum Gasteiger partial charge on any atom is -0.478 e. The van der Waals surface area contributed by atoms with Crippen molar-refractivity contribution in [1.82, 2.24) is 4.72 Å². The first-order valence-corrected chi connectivity index (χ1v) is 7.91. The Morgan fingerprint density at radius 2 is 1.89 bits per heavy atom. The molecule has 6 heteroatoms. The van der Waals surface area contributed by atoms with Crippen molar-refractivity contribution in [1.29, 1.82) is 0 Å². The zero-order valence-electron chi connectivity index (χ0n) is 10.5. The fourth-order valence-electron chi connectivity index (χ4n) is 1.82. The standard InChI is InChI=1S/C13H17NO4S/c15-13(16)12-5-3-10(4-6-12)7-8-14-19(17,18)9-11-1-2-11/h3-6,11,14H,1-2,7-9H2,(H,15,16). The van der Waals surface area contributed by atoms with Crippen molar-refractivity contribution in [2.24, 2.45) is 5.92 Å². The highest BCUT2D eigenvalue weighted by Gasteiger charge is 2.27. The lowest BCUT2D eigenvalue weighted by atomic mass is 10.1. The van der Waals surface area contributed by atoms with Crippen LogP contribution in [-0.2, 0) is 16.4 Å². The van der Waals surface area contributed by atoms with E-state index in [1.807, 2.05) is 0 Å². The van der Waals surface area contributed by atoms with Crippen LogP contribution in [0.4, 0.5) is 0 Å². The maximum absolute atomic E-state index is 11.6. The van der Waals surface area contributed by atoms with E-state index in [0.29, 0.717) is 18.9 Å². The quantitative estimate of drug-likeness (QED) is 0.789. The van der Waals surface area contributed by atoms with Crippen molar-refractivity contribution in [3.05, 3.63) is 35.4 Å². The molecule has 1 aliphatic carbocycles. The first-order valence-electron chi connectivity index (χ1n) is 6.26. The van der Waals surface area contributed by atoms with E-state index < -0.39 is 16.0 Å². The van der Waals surface area contributed by atoms with Gasteiger partial charge in [-0.05, 0) is 42.9 Å². The molecule has 1 saturated carbocycles. The molecule has 104 valence electrons. The first kappa shape index (κ1) is 14.0. The van der Waals surface area contributed by atoms with E-state index in [1.54, 1.807) is 12.1 Å². The Labute approximate surface area is 112 Å². The molecule has 0 unspecified atom stereocenters. The second-order valence-electron chi connectivity index (χ2n) is 4.87. The van der Waals surface area contributed by atoms with Crippen molar-refractivity contribution < 1.29 is 18.3 Å². The number of hydrogen-bond donors (Lipinski definition) is 2. The van der Waals surface area contributed by atoms with Crippen LogP contribution in [0.5, 0.6) is 0 Å². The molecule has 0 atom stereocenters. The molecule has 2 N–H and O–H groups in total. The van der Waals surface area contributed by atoms with Gasteiger partial charge in [0.15, 0.2) is 0 Å². The summed E-state index contributed by atoms with van der Waals surface area (Å²) in [5.41, 5.74) is 1.15. The van der Waals surface area contributed by atoms with E-state index in [0.717, 1.165) is 18.4 Å². The molecule has 2 rings (SSSR count). The first-order chi connectivity index (χ1) is 8.96. The van der Waals surface area contributed by atoms with Gasteiger partial charge in [-0.15, -0.1) is 0 Å². The topological polar surface area (TPSA) is 83.5 Å². The average molecular weight is 283 g/mol. The minimum absolute atomic E-state index is 0.227. The Bertz CT molecular complexity index is 547. The van der Waals surface area contributed by atoms with E-state index in [4.69, 9.17) is 5.11 Å². The third-order valence-electron chi connectivity index (χ3n) is 3.09. The van der Waals surface area contributed by atoms with Gasteiger partial charge in [0.25, 0.3) is 0 Å². The van der Waals surface area contributed by atoms with Gasteiger partial charge in [-0.3, -0.25) is 0 Å². The van der Waals surface area contributed by atoms with Crippen molar-refractivity contribution >= 4 is 16.0 Å². The molecule has 0 spiro atoms. The maximum atomic E-state index is 11.6. The number of nitrogens with one attached hydrogen (secondary N) is 1. The van der Waals surface area contributed by atoms with Gasteiger partial charge in [0.1, 0.15) is 0 Å². The Kier molecular flexibility index (Phi) is 4.21. The molecule has 0 bridgehead atoms. The Morgan fingerprint density at radius 3 is 2.42 bits per heavy atom. The molecule has 0 aliphatic heterocycles. The lowest BCUT2D eigenvalue weighted by Gasteiger charge is -2.06. The van der Waals surface area contributed by atoms with E-state index in [9.17, 15) is 13.2 Å². The molecule has 1 aromatic rings. The Hall–Kier alpha value is -1.40. The summed E-state index contributed by atoms with van der Waals surface area (Å²) in [5.74, 6) is -0.394. The van der Waals surface area contributed by atoms with E-state index in [-0.39, 0.29) is 11.3 Å². The molecule has 0 heterocycles. The van der Waals surface area contributed by atoms with Crippen LogP contribution in [-0.4, -0.2) is 31.8 Å². The van der Waals surface area contributed by atoms with Gasteiger partial charge in [0.05, 0.1) is 11.3 Å². The highest BCUT2D eigenvalue weighted by Crippen LogP contribution is 2.29. The summed E-state index contributed by atoms with van der Waals surface area (Å²) in [6.45, 7) is 0.349. The number of sulfonamides is 1. The number of benzene rings is 1. The highest BCUT2D eigenvalue weighted by molar-refractivity contribution is 7.89. The summed E-state index contributed by atoms with van der Waals surface area (Å²) in [4.78, 5) is 10.7. The summed E-state index contributed by atoms with van der Waals surface area (Å²) in [6.07, 6.45) is 2.58.